The largest absolute Gasteiger partial charge is 0.394 e. The Hall–Kier alpha value is -0.610. The Bertz CT molecular complexity index is 249. The number of hydrogen-bond donors (Lipinski definition) is 2. The van der Waals surface area contributed by atoms with Crippen LogP contribution in [0.15, 0.2) is 0 Å². The van der Waals surface area contributed by atoms with Crippen molar-refractivity contribution in [2.45, 2.75) is 50.6 Å². The second kappa shape index (κ2) is 5.15. The highest BCUT2D eigenvalue weighted by atomic mass is 16.3. The number of rotatable bonds is 2. The third-order valence-electron chi connectivity index (χ3n) is 3.99. The molecule has 1 saturated carbocycles. The third-order valence-corrected chi connectivity index (χ3v) is 3.99. The summed E-state index contributed by atoms with van der Waals surface area (Å²) < 4.78 is 0. The molecule has 1 aliphatic heterocycles. The first-order valence-corrected chi connectivity index (χ1v) is 6.39. The predicted octanol–water partition coefficient (Wildman–Crippen LogP) is 0.487. The summed E-state index contributed by atoms with van der Waals surface area (Å²) in [6.45, 7) is 0.935. The molecule has 0 bridgehead atoms. The van der Waals surface area contributed by atoms with Gasteiger partial charge in [-0.1, -0.05) is 0 Å². The summed E-state index contributed by atoms with van der Waals surface area (Å²) in [5, 5.41) is 9.21. The van der Waals surface area contributed by atoms with Crippen LogP contribution in [0.5, 0.6) is 0 Å². The Balaban J connectivity index is 1.91. The molecule has 4 nitrogen and oxygen atoms in total. The molecule has 16 heavy (non-hydrogen) atoms. The van der Waals surface area contributed by atoms with Crippen LogP contribution < -0.4 is 5.73 Å². The molecule has 2 aliphatic rings. The van der Waals surface area contributed by atoms with Gasteiger partial charge in [0, 0.05) is 18.5 Å². The summed E-state index contributed by atoms with van der Waals surface area (Å²) in [7, 11) is 0. The van der Waals surface area contributed by atoms with Crippen LogP contribution in [0, 0.1) is 5.92 Å². The fourth-order valence-electron chi connectivity index (χ4n) is 2.92. The van der Waals surface area contributed by atoms with E-state index in [1.165, 1.54) is 0 Å². The molecule has 0 spiro atoms. The SMILES string of the molecule is NC1CCC(C(=O)N2CCCC2CO)CC1. The lowest BCUT2D eigenvalue weighted by molar-refractivity contribution is -0.138. The number of aliphatic hydroxyl groups is 1. The fraction of sp³-hybridized carbons (Fsp3) is 0.917. The minimum Gasteiger partial charge on any atom is -0.394 e. The highest BCUT2D eigenvalue weighted by Crippen LogP contribution is 2.28. The number of carbonyl (C=O) groups is 1. The lowest BCUT2D eigenvalue weighted by Crippen LogP contribution is -2.43. The quantitative estimate of drug-likeness (QED) is 0.720. The van der Waals surface area contributed by atoms with Gasteiger partial charge in [-0.25, -0.2) is 0 Å². The van der Waals surface area contributed by atoms with Crippen molar-refractivity contribution in [3.8, 4) is 0 Å². The first-order chi connectivity index (χ1) is 7.72. The number of hydrogen-bond acceptors (Lipinski definition) is 3. The first-order valence-electron chi connectivity index (χ1n) is 6.39. The van der Waals surface area contributed by atoms with Crippen LogP contribution in [-0.2, 0) is 4.79 Å². The van der Waals surface area contributed by atoms with E-state index in [1.807, 2.05) is 4.90 Å². The third kappa shape index (κ3) is 2.38. The molecule has 0 aromatic carbocycles. The Kier molecular flexibility index (Phi) is 3.82. The van der Waals surface area contributed by atoms with Crippen molar-refractivity contribution in [3.05, 3.63) is 0 Å². The zero-order valence-electron chi connectivity index (χ0n) is 9.77. The summed E-state index contributed by atoms with van der Waals surface area (Å²) in [6.07, 6.45) is 5.77. The minimum atomic E-state index is 0.0723. The van der Waals surface area contributed by atoms with E-state index in [9.17, 15) is 9.90 Å². The molecule has 0 aromatic rings. The molecule has 4 heteroatoms. The summed E-state index contributed by atoms with van der Waals surface area (Å²) in [5.41, 5.74) is 5.84. The molecule has 2 fully saturated rings. The number of nitrogens with two attached hydrogens (primary N) is 1. The monoisotopic (exact) mass is 226 g/mol. The van der Waals surface area contributed by atoms with Crippen LogP contribution in [0.25, 0.3) is 0 Å². The Morgan fingerprint density at radius 1 is 1.25 bits per heavy atom. The fourth-order valence-corrected chi connectivity index (χ4v) is 2.92. The second-order valence-electron chi connectivity index (χ2n) is 5.12. The normalized spacial score (nSPS) is 35.4. The molecular weight excluding hydrogens is 204 g/mol. The first kappa shape index (κ1) is 11.9. The minimum absolute atomic E-state index is 0.0723. The summed E-state index contributed by atoms with van der Waals surface area (Å²) >= 11 is 0. The molecule has 1 unspecified atom stereocenters. The zero-order chi connectivity index (χ0) is 11.5. The van der Waals surface area contributed by atoms with Crippen molar-refractivity contribution in [1.29, 1.82) is 0 Å². The molecular formula is C12H22N2O2. The molecule has 1 heterocycles. The summed E-state index contributed by atoms with van der Waals surface area (Å²) in [6, 6.07) is 0.361. The second-order valence-corrected chi connectivity index (χ2v) is 5.12. The zero-order valence-corrected chi connectivity index (χ0v) is 9.77. The molecule has 1 aliphatic carbocycles. The van der Waals surface area contributed by atoms with Crippen molar-refractivity contribution >= 4 is 5.91 Å². The predicted molar refractivity (Wildman–Crippen MR) is 61.8 cm³/mol. The topological polar surface area (TPSA) is 66.6 Å². The van der Waals surface area contributed by atoms with Gasteiger partial charge in [0.1, 0.15) is 0 Å². The van der Waals surface area contributed by atoms with E-state index < -0.39 is 0 Å². The lowest BCUT2D eigenvalue weighted by Gasteiger charge is -2.31. The number of nitrogens with zero attached hydrogens (tertiary/aromatic N) is 1. The van der Waals surface area contributed by atoms with E-state index in [4.69, 9.17) is 5.73 Å². The Morgan fingerprint density at radius 2 is 1.94 bits per heavy atom. The van der Waals surface area contributed by atoms with Crippen LogP contribution in [0.4, 0.5) is 0 Å². The van der Waals surface area contributed by atoms with E-state index in [-0.39, 0.29) is 30.5 Å². The van der Waals surface area contributed by atoms with Crippen LogP contribution >= 0.6 is 0 Å². The average Bonchev–Trinajstić information content (AvgIpc) is 2.77. The van der Waals surface area contributed by atoms with E-state index >= 15 is 0 Å². The van der Waals surface area contributed by atoms with Gasteiger partial charge in [0.05, 0.1) is 12.6 Å². The van der Waals surface area contributed by atoms with Gasteiger partial charge in [-0.2, -0.15) is 0 Å². The molecule has 0 radical (unpaired) electrons. The van der Waals surface area contributed by atoms with E-state index in [1.54, 1.807) is 0 Å². The van der Waals surface area contributed by atoms with E-state index in [2.05, 4.69) is 0 Å². The van der Waals surface area contributed by atoms with Crippen LogP contribution in [-0.4, -0.2) is 41.1 Å². The van der Waals surface area contributed by atoms with Gasteiger partial charge in [0.15, 0.2) is 0 Å². The van der Waals surface area contributed by atoms with E-state index in [0.29, 0.717) is 0 Å². The van der Waals surface area contributed by atoms with Gasteiger partial charge >= 0.3 is 0 Å². The maximum atomic E-state index is 12.3. The van der Waals surface area contributed by atoms with Gasteiger partial charge in [-0.05, 0) is 38.5 Å². The van der Waals surface area contributed by atoms with Gasteiger partial charge < -0.3 is 15.7 Å². The molecule has 0 aromatic heterocycles. The van der Waals surface area contributed by atoms with Crippen molar-refractivity contribution in [2.24, 2.45) is 11.7 Å². The standard InChI is InChI=1S/C12H22N2O2/c13-10-5-3-9(4-6-10)12(16)14-7-1-2-11(14)8-15/h9-11,15H,1-8,13H2. The van der Waals surface area contributed by atoms with Gasteiger partial charge in [-0.3, -0.25) is 4.79 Å². The average molecular weight is 226 g/mol. The maximum Gasteiger partial charge on any atom is 0.226 e. The molecule has 1 saturated heterocycles. The van der Waals surface area contributed by atoms with Gasteiger partial charge in [0.2, 0.25) is 5.91 Å². The van der Waals surface area contributed by atoms with Crippen molar-refractivity contribution in [1.82, 2.24) is 4.90 Å². The highest BCUT2D eigenvalue weighted by molar-refractivity contribution is 5.79. The summed E-state index contributed by atoms with van der Waals surface area (Å²) in [5.74, 6) is 0.412. The Morgan fingerprint density at radius 3 is 2.56 bits per heavy atom. The molecule has 1 amide bonds. The highest BCUT2D eigenvalue weighted by Gasteiger charge is 2.34. The molecule has 1 atom stereocenters. The number of amides is 1. The Labute approximate surface area is 96.8 Å². The van der Waals surface area contributed by atoms with Gasteiger partial charge in [-0.15, -0.1) is 0 Å². The number of likely N-dealkylation sites (tertiary alicyclic amines) is 1. The summed E-state index contributed by atoms with van der Waals surface area (Å²) in [4.78, 5) is 14.1. The van der Waals surface area contributed by atoms with Crippen LogP contribution in [0.2, 0.25) is 0 Å². The number of aliphatic hydroxyl groups excluding tert-OH is 1. The number of carbonyl (C=O) groups excluding carboxylic acids is 1. The molecule has 3 N–H and O–H groups in total. The van der Waals surface area contributed by atoms with E-state index in [0.717, 1.165) is 45.1 Å². The van der Waals surface area contributed by atoms with Crippen LogP contribution in [0.3, 0.4) is 0 Å². The molecule has 92 valence electrons. The maximum absolute atomic E-state index is 12.3. The molecule has 2 rings (SSSR count). The van der Waals surface area contributed by atoms with Crippen LogP contribution in [0.1, 0.15) is 38.5 Å². The smallest absolute Gasteiger partial charge is 0.226 e. The van der Waals surface area contributed by atoms with Gasteiger partial charge in [0.25, 0.3) is 0 Å². The van der Waals surface area contributed by atoms with Crippen molar-refractivity contribution in [3.63, 3.8) is 0 Å². The van der Waals surface area contributed by atoms with Crippen molar-refractivity contribution < 1.29 is 9.90 Å². The lowest BCUT2D eigenvalue weighted by atomic mass is 9.85. The van der Waals surface area contributed by atoms with Crippen molar-refractivity contribution in [2.75, 3.05) is 13.2 Å².